The van der Waals surface area contributed by atoms with Crippen molar-refractivity contribution in [3.63, 3.8) is 0 Å². The lowest BCUT2D eigenvalue weighted by Gasteiger charge is -2.10. The summed E-state index contributed by atoms with van der Waals surface area (Å²) >= 11 is 9.46. The summed E-state index contributed by atoms with van der Waals surface area (Å²) in [5.41, 5.74) is 3.23. The molecule has 0 spiro atoms. The van der Waals surface area contributed by atoms with E-state index < -0.39 is 0 Å². The van der Waals surface area contributed by atoms with Gasteiger partial charge in [0.15, 0.2) is 0 Å². The van der Waals surface area contributed by atoms with E-state index in [0.29, 0.717) is 10.6 Å². The molecule has 0 radical (unpaired) electrons. The Bertz CT molecular complexity index is 620. The number of pyridine rings is 1. The van der Waals surface area contributed by atoms with E-state index in [1.807, 2.05) is 26.0 Å². The van der Waals surface area contributed by atoms with Crippen molar-refractivity contribution in [3.8, 4) is 0 Å². The second-order valence-electron chi connectivity index (χ2n) is 4.23. The molecule has 1 aromatic carbocycles. The first-order valence-corrected chi connectivity index (χ1v) is 6.83. The fraction of sp³-hybridized carbons (Fsp3) is 0.143. The van der Waals surface area contributed by atoms with E-state index in [1.54, 1.807) is 12.3 Å². The quantitative estimate of drug-likeness (QED) is 0.883. The molecule has 0 atom stereocenters. The van der Waals surface area contributed by atoms with Crippen molar-refractivity contribution in [1.29, 1.82) is 0 Å². The number of nitrogens with one attached hydrogen (secondary N) is 1. The molecular formula is C14H12BrClN2O. The van der Waals surface area contributed by atoms with Gasteiger partial charge in [0.05, 0.1) is 10.6 Å². The number of hydrogen-bond donors (Lipinski definition) is 1. The maximum atomic E-state index is 12.1. The van der Waals surface area contributed by atoms with Crippen molar-refractivity contribution in [2.24, 2.45) is 0 Å². The summed E-state index contributed by atoms with van der Waals surface area (Å²) in [6.45, 7) is 3.95. The van der Waals surface area contributed by atoms with Gasteiger partial charge in [0, 0.05) is 22.6 Å². The van der Waals surface area contributed by atoms with Gasteiger partial charge in [-0.05, 0) is 43.2 Å². The van der Waals surface area contributed by atoms with Gasteiger partial charge >= 0.3 is 0 Å². The van der Waals surface area contributed by atoms with E-state index in [9.17, 15) is 4.79 Å². The number of benzene rings is 1. The molecule has 0 aliphatic heterocycles. The Morgan fingerprint density at radius 2 is 1.95 bits per heavy atom. The molecule has 2 aromatic rings. The number of carbonyl (C=O) groups is 1. The van der Waals surface area contributed by atoms with Gasteiger partial charge in [-0.2, -0.15) is 0 Å². The topological polar surface area (TPSA) is 42.0 Å². The molecule has 1 aromatic heterocycles. The minimum atomic E-state index is -0.265. The van der Waals surface area contributed by atoms with Crippen LogP contribution in [0.1, 0.15) is 21.5 Å². The van der Waals surface area contributed by atoms with Crippen LogP contribution in [0.15, 0.2) is 35.1 Å². The first-order chi connectivity index (χ1) is 8.99. The molecule has 2 rings (SSSR count). The third-order valence-corrected chi connectivity index (χ3v) is 4.29. The van der Waals surface area contributed by atoms with Crippen LogP contribution in [0.5, 0.6) is 0 Å². The molecule has 1 heterocycles. The monoisotopic (exact) mass is 338 g/mol. The molecule has 0 aliphatic rings. The largest absolute Gasteiger partial charge is 0.322 e. The molecule has 0 saturated heterocycles. The molecule has 3 nitrogen and oxygen atoms in total. The predicted octanol–water partition coefficient (Wildman–Crippen LogP) is 4.37. The standard InChI is InChI=1S/C14H12BrClN2O/c1-8-5-10(6-9(2)13(8)15)18-14(19)11-7-17-4-3-12(11)16/h3-7H,1-2H3,(H,18,19). The number of amides is 1. The maximum absolute atomic E-state index is 12.1. The van der Waals surface area contributed by atoms with E-state index in [1.165, 1.54) is 6.20 Å². The molecule has 0 unspecified atom stereocenters. The molecule has 0 fully saturated rings. The van der Waals surface area contributed by atoms with Gasteiger partial charge in [-0.1, -0.05) is 27.5 Å². The number of rotatable bonds is 2. The Hall–Kier alpha value is -1.39. The van der Waals surface area contributed by atoms with Crippen molar-refractivity contribution in [1.82, 2.24) is 4.98 Å². The van der Waals surface area contributed by atoms with Gasteiger partial charge in [-0.25, -0.2) is 0 Å². The number of anilines is 1. The summed E-state index contributed by atoms with van der Waals surface area (Å²) in [6, 6.07) is 5.40. The summed E-state index contributed by atoms with van der Waals surface area (Å²) in [6.07, 6.45) is 3.00. The number of aromatic nitrogens is 1. The van der Waals surface area contributed by atoms with Crippen LogP contribution < -0.4 is 5.32 Å². The fourth-order valence-corrected chi connectivity index (χ4v) is 2.18. The van der Waals surface area contributed by atoms with Gasteiger partial charge < -0.3 is 5.32 Å². The van der Waals surface area contributed by atoms with Gasteiger partial charge in [0.25, 0.3) is 5.91 Å². The molecule has 1 N–H and O–H groups in total. The Kier molecular flexibility index (Phi) is 4.22. The average Bonchev–Trinajstić information content (AvgIpc) is 2.36. The fourth-order valence-electron chi connectivity index (χ4n) is 1.76. The number of aryl methyl sites for hydroxylation is 2. The minimum absolute atomic E-state index is 0.265. The summed E-state index contributed by atoms with van der Waals surface area (Å²) in [5.74, 6) is -0.265. The molecule has 19 heavy (non-hydrogen) atoms. The van der Waals surface area contributed by atoms with Crippen molar-refractivity contribution in [2.45, 2.75) is 13.8 Å². The smallest absolute Gasteiger partial charge is 0.258 e. The molecular weight excluding hydrogens is 328 g/mol. The highest BCUT2D eigenvalue weighted by molar-refractivity contribution is 9.10. The van der Waals surface area contributed by atoms with Crippen LogP contribution in [0.3, 0.4) is 0 Å². The van der Waals surface area contributed by atoms with E-state index >= 15 is 0 Å². The highest BCUT2D eigenvalue weighted by atomic mass is 79.9. The van der Waals surface area contributed by atoms with E-state index in [-0.39, 0.29) is 5.91 Å². The number of halogens is 2. The Balaban J connectivity index is 2.27. The highest BCUT2D eigenvalue weighted by Crippen LogP contribution is 2.25. The van der Waals surface area contributed by atoms with Crippen molar-refractivity contribution >= 4 is 39.1 Å². The summed E-state index contributed by atoms with van der Waals surface area (Å²) in [7, 11) is 0. The van der Waals surface area contributed by atoms with Gasteiger partial charge in [0.1, 0.15) is 0 Å². The number of nitrogens with zero attached hydrogens (tertiary/aromatic N) is 1. The summed E-state index contributed by atoms with van der Waals surface area (Å²) in [4.78, 5) is 16.0. The van der Waals surface area contributed by atoms with Crippen LogP contribution in [0.25, 0.3) is 0 Å². The second kappa shape index (κ2) is 5.72. The van der Waals surface area contributed by atoms with Crippen LogP contribution in [0, 0.1) is 13.8 Å². The maximum Gasteiger partial charge on any atom is 0.258 e. The van der Waals surface area contributed by atoms with Crippen LogP contribution in [0.2, 0.25) is 5.02 Å². The summed E-state index contributed by atoms with van der Waals surface area (Å²) < 4.78 is 1.05. The minimum Gasteiger partial charge on any atom is -0.322 e. The Morgan fingerprint density at radius 3 is 2.53 bits per heavy atom. The van der Waals surface area contributed by atoms with Gasteiger partial charge in [-0.15, -0.1) is 0 Å². The lowest BCUT2D eigenvalue weighted by molar-refractivity contribution is 0.102. The van der Waals surface area contributed by atoms with E-state index in [0.717, 1.165) is 21.3 Å². The SMILES string of the molecule is Cc1cc(NC(=O)c2cnccc2Cl)cc(C)c1Br. The zero-order valence-electron chi connectivity index (χ0n) is 10.5. The molecule has 0 bridgehead atoms. The zero-order valence-corrected chi connectivity index (χ0v) is 12.8. The zero-order chi connectivity index (χ0) is 14.0. The summed E-state index contributed by atoms with van der Waals surface area (Å²) in [5, 5.41) is 3.21. The normalized spacial score (nSPS) is 10.3. The van der Waals surface area contributed by atoms with Crippen molar-refractivity contribution in [3.05, 3.63) is 56.8 Å². The molecule has 0 saturated carbocycles. The predicted molar refractivity (Wildman–Crippen MR) is 80.8 cm³/mol. The lowest BCUT2D eigenvalue weighted by atomic mass is 10.1. The van der Waals surface area contributed by atoms with Gasteiger partial charge in [-0.3, -0.25) is 9.78 Å². The van der Waals surface area contributed by atoms with Crippen molar-refractivity contribution < 1.29 is 4.79 Å². The Morgan fingerprint density at radius 1 is 1.32 bits per heavy atom. The third-order valence-electron chi connectivity index (χ3n) is 2.71. The van der Waals surface area contributed by atoms with E-state index in [4.69, 9.17) is 11.6 Å². The first kappa shape index (κ1) is 14.0. The number of hydrogen-bond acceptors (Lipinski definition) is 2. The lowest BCUT2D eigenvalue weighted by Crippen LogP contribution is -2.13. The number of carbonyl (C=O) groups excluding carboxylic acids is 1. The van der Waals surface area contributed by atoms with Crippen LogP contribution in [-0.2, 0) is 0 Å². The van der Waals surface area contributed by atoms with Crippen LogP contribution in [0.4, 0.5) is 5.69 Å². The third kappa shape index (κ3) is 3.14. The second-order valence-corrected chi connectivity index (χ2v) is 5.43. The first-order valence-electron chi connectivity index (χ1n) is 5.66. The van der Waals surface area contributed by atoms with Crippen LogP contribution in [-0.4, -0.2) is 10.9 Å². The molecule has 1 amide bonds. The van der Waals surface area contributed by atoms with Gasteiger partial charge in [0.2, 0.25) is 0 Å². The molecule has 5 heteroatoms. The molecule has 98 valence electrons. The van der Waals surface area contributed by atoms with E-state index in [2.05, 4.69) is 26.2 Å². The van der Waals surface area contributed by atoms with Crippen molar-refractivity contribution in [2.75, 3.05) is 5.32 Å². The van der Waals surface area contributed by atoms with Crippen LogP contribution >= 0.6 is 27.5 Å². The Labute approximate surface area is 125 Å². The molecule has 0 aliphatic carbocycles. The highest BCUT2D eigenvalue weighted by Gasteiger charge is 2.11. The average molecular weight is 340 g/mol.